The fraction of sp³-hybridized carbons (Fsp3) is 0.778. The first-order chi connectivity index (χ1) is 11.2. The largest absolute Gasteiger partial charge is 0.468 e. The standard InChI is InChI=1S/C14H23NO4.C4H8O/c1-6-14(11(16)18-5)8-7-10(9-14)15-12(17)19-13(2,3)4;1-2-4-5-3-1/h7-8,10H,6,9H2,1-5H3,(H,15,17);1-4H2/t10-,14+;/m1./s1. The number of carbonyl (C=O) groups excluding carboxylic acids is 2. The zero-order chi connectivity index (χ0) is 18.2. The summed E-state index contributed by atoms with van der Waals surface area (Å²) >= 11 is 0. The van der Waals surface area contributed by atoms with Crippen LogP contribution in [0.5, 0.6) is 0 Å². The second-order valence-electron chi connectivity index (χ2n) is 7.14. The van der Waals surface area contributed by atoms with Crippen LogP contribution in [0, 0.1) is 5.41 Å². The predicted octanol–water partition coefficient (Wildman–Crippen LogP) is 3.21. The van der Waals surface area contributed by atoms with Crippen molar-refractivity contribution >= 4 is 12.1 Å². The van der Waals surface area contributed by atoms with Gasteiger partial charge in [0, 0.05) is 13.2 Å². The molecule has 1 heterocycles. The topological polar surface area (TPSA) is 73.9 Å². The average molecular weight is 341 g/mol. The average Bonchev–Trinajstić information content (AvgIpc) is 3.17. The third-order valence-electron chi connectivity index (χ3n) is 3.98. The number of rotatable bonds is 3. The second kappa shape index (κ2) is 9.06. The molecule has 24 heavy (non-hydrogen) atoms. The Balaban J connectivity index is 0.000000488. The Labute approximate surface area is 144 Å². The minimum absolute atomic E-state index is 0.200. The van der Waals surface area contributed by atoms with Gasteiger partial charge in [0.05, 0.1) is 18.6 Å². The molecule has 1 aliphatic heterocycles. The smallest absolute Gasteiger partial charge is 0.408 e. The molecule has 2 aliphatic rings. The highest BCUT2D eigenvalue weighted by Gasteiger charge is 2.41. The van der Waals surface area contributed by atoms with Gasteiger partial charge >= 0.3 is 12.1 Å². The molecule has 0 aromatic carbocycles. The van der Waals surface area contributed by atoms with Crippen LogP contribution in [0.2, 0.25) is 0 Å². The van der Waals surface area contributed by atoms with Crippen LogP contribution < -0.4 is 5.32 Å². The molecule has 0 bridgehead atoms. The lowest BCUT2D eigenvalue weighted by Gasteiger charge is -2.25. The van der Waals surface area contributed by atoms with Crippen molar-refractivity contribution in [3.8, 4) is 0 Å². The van der Waals surface area contributed by atoms with Gasteiger partial charge in [0.15, 0.2) is 0 Å². The van der Waals surface area contributed by atoms with Crippen molar-refractivity contribution < 1.29 is 23.8 Å². The van der Waals surface area contributed by atoms with Crippen molar-refractivity contribution in [3.63, 3.8) is 0 Å². The SMILES string of the molecule is C1CCOC1.CC[C@]1(C(=O)OC)C=C[C@@H](NC(=O)OC(C)(C)C)C1. The minimum Gasteiger partial charge on any atom is -0.468 e. The lowest BCUT2D eigenvalue weighted by molar-refractivity contribution is -0.150. The minimum atomic E-state index is -0.631. The number of ether oxygens (including phenoxy) is 3. The molecule has 6 nitrogen and oxygen atoms in total. The van der Waals surface area contributed by atoms with E-state index in [0.717, 1.165) is 13.2 Å². The predicted molar refractivity (Wildman–Crippen MR) is 91.7 cm³/mol. The summed E-state index contributed by atoms with van der Waals surface area (Å²) in [5.41, 5.74) is -1.16. The van der Waals surface area contributed by atoms with Crippen LogP contribution in [-0.4, -0.2) is 44.0 Å². The van der Waals surface area contributed by atoms with Crippen LogP contribution in [0.4, 0.5) is 4.79 Å². The van der Waals surface area contributed by atoms with E-state index >= 15 is 0 Å². The zero-order valence-corrected chi connectivity index (χ0v) is 15.5. The van der Waals surface area contributed by atoms with Crippen LogP contribution in [0.15, 0.2) is 12.2 Å². The Morgan fingerprint density at radius 1 is 1.29 bits per heavy atom. The lowest BCUT2D eigenvalue weighted by atomic mass is 9.84. The molecular weight excluding hydrogens is 310 g/mol. The van der Waals surface area contributed by atoms with Gasteiger partial charge in [0.25, 0.3) is 0 Å². The highest BCUT2D eigenvalue weighted by Crippen LogP contribution is 2.36. The Kier molecular flexibility index (Phi) is 7.73. The first-order valence-corrected chi connectivity index (χ1v) is 8.57. The lowest BCUT2D eigenvalue weighted by Crippen LogP contribution is -2.40. The molecule has 2 atom stereocenters. The molecule has 0 aromatic heterocycles. The maximum absolute atomic E-state index is 11.8. The van der Waals surface area contributed by atoms with Crippen molar-refractivity contribution in [1.29, 1.82) is 0 Å². The van der Waals surface area contributed by atoms with Gasteiger partial charge in [-0.1, -0.05) is 19.1 Å². The Morgan fingerprint density at radius 3 is 2.33 bits per heavy atom. The molecule has 1 amide bonds. The van der Waals surface area contributed by atoms with E-state index in [1.165, 1.54) is 20.0 Å². The van der Waals surface area contributed by atoms with Crippen LogP contribution >= 0.6 is 0 Å². The maximum Gasteiger partial charge on any atom is 0.408 e. The number of hydrogen-bond acceptors (Lipinski definition) is 5. The molecule has 0 unspecified atom stereocenters. The van der Waals surface area contributed by atoms with Crippen LogP contribution in [0.3, 0.4) is 0 Å². The summed E-state index contributed by atoms with van der Waals surface area (Å²) < 4.78 is 15.0. The van der Waals surface area contributed by atoms with E-state index in [0.29, 0.717) is 12.8 Å². The summed E-state index contributed by atoms with van der Waals surface area (Å²) in [6.07, 6.45) is 6.88. The molecule has 1 saturated heterocycles. The van der Waals surface area contributed by atoms with Crippen molar-refractivity contribution in [1.82, 2.24) is 5.32 Å². The number of nitrogens with one attached hydrogen (secondary N) is 1. The summed E-state index contributed by atoms with van der Waals surface area (Å²) in [6.45, 7) is 9.35. The van der Waals surface area contributed by atoms with Crippen LogP contribution in [0.25, 0.3) is 0 Å². The molecule has 0 aromatic rings. The third-order valence-corrected chi connectivity index (χ3v) is 3.98. The van der Waals surface area contributed by atoms with Gasteiger partial charge in [-0.05, 0) is 46.5 Å². The molecule has 0 saturated carbocycles. The van der Waals surface area contributed by atoms with Crippen molar-refractivity contribution in [2.24, 2.45) is 5.41 Å². The summed E-state index contributed by atoms with van der Waals surface area (Å²) in [7, 11) is 1.38. The van der Waals surface area contributed by atoms with E-state index in [1.54, 1.807) is 0 Å². The highest BCUT2D eigenvalue weighted by atomic mass is 16.6. The number of amides is 1. The molecule has 1 N–H and O–H groups in total. The van der Waals surface area contributed by atoms with E-state index in [-0.39, 0.29) is 12.0 Å². The fourth-order valence-corrected chi connectivity index (χ4v) is 2.66. The molecule has 0 radical (unpaired) electrons. The molecule has 1 aliphatic carbocycles. The summed E-state index contributed by atoms with van der Waals surface area (Å²) in [5.74, 6) is -0.264. The number of hydrogen-bond donors (Lipinski definition) is 1. The quantitative estimate of drug-likeness (QED) is 0.630. The van der Waals surface area contributed by atoms with Gasteiger partial charge in [-0.25, -0.2) is 4.79 Å². The van der Waals surface area contributed by atoms with Gasteiger partial charge in [-0.15, -0.1) is 0 Å². The summed E-state index contributed by atoms with van der Waals surface area (Å²) in [4.78, 5) is 23.5. The first kappa shape index (κ1) is 20.5. The summed E-state index contributed by atoms with van der Waals surface area (Å²) in [6, 6.07) is -0.200. The van der Waals surface area contributed by atoms with Crippen molar-refractivity contribution in [2.75, 3.05) is 20.3 Å². The summed E-state index contributed by atoms with van der Waals surface area (Å²) in [5, 5.41) is 2.75. The van der Waals surface area contributed by atoms with Crippen molar-refractivity contribution in [2.45, 2.75) is 65.0 Å². The first-order valence-electron chi connectivity index (χ1n) is 8.57. The third kappa shape index (κ3) is 6.51. The molecule has 1 fully saturated rings. The van der Waals surface area contributed by atoms with Gasteiger partial charge in [0.1, 0.15) is 5.60 Å². The van der Waals surface area contributed by atoms with E-state index < -0.39 is 17.1 Å². The molecule has 2 rings (SSSR count). The van der Waals surface area contributed by atoms with Gasteiger partial charge < -0.3 is 19.5 Å². The molecule has 6 heteroatoms. The van der Waals surface area contributed by atoms with Gasteiger partial charge in [0.2, 0.25) is 0 Å². The number of carbonyl (C=O) groups is 2. The Bertz CT molecular complexity index is 443. The Hall–Kier alpha value is -1.56. The normalized spacial score (nSPS) is 25.6. The highest BCUT2D eigenvalue weighted by molar-refractivity contribution is 5.80. The fourth-order valence-electron chi connectivity index (χ4n) is 2.66. The van der Waals surface area contributed by atoms with Crippen LogP contribution in [0.1, 0.15) is 53.4 Å². The van der Waals surface area contributed by atoms with Crippen LogP contribution in [-0.2, 0) is 19.0 Å². The zero-order valence-electron chi connectivity index (χ0n) is 15.5. The number of methoxy groups -OCH3 is 1. The van der Waals surface area contributed by atoms with Gasteiger partial charge in [-0.2, -0.15) is 0 Å². The Morgan fingerprint density at radius 2 is 1.92 bits per heavy atom. The molecular formula is C18H31NO5. The van der Waals surface area contributed by atoms with E-state index in [1.807, 2.05) is 39.8 Å². The van der Waals surface area contributed by atoms with Crippen molar-refractivity contribution in [3.05, 3.63) is 12.2 Å². The number of alkyl carbamates (subject to hydrolysis) is 1. The monoisotopic (exact) mass is 341 g/mol. The number of esters is 1. The molecule has 0 spiro atoms. The second-order valence-corrected chi connectivity index (χ2v) is 7.14. The maximum atomic E-state index is 11.8. The molecule has 138 valence electrons. The van der Waals surface area contributed by atoms with E-state index in [9.17, 15) is 9.59 Å². The van der Waals surface area contributed by atoms with E-state index in [4.69, 9.17) is 14.2 Å². The van der Waals surface area contributed by atoms with E-state index in [2.05, 4.69) is 5.32 Å². The van der Waals surface area contributed by atoms with Gasteiger partial charge in [-0.3, -0.25) is 4.79 Å².